The van der Waals surface area contributed by atoms with E-state index in [0.29, 0.717) is 17.0 Å². The zero-order valence-electron chi connectivity index (χ0n) is 9.53. The van der Waals surface area contributed by atoms with E-state index < -0.39 is 0 Å². The topological polar surface area (TPSA) is 22.0 Å². The molecule has 1 heterocycles. The Morgan fingerprint density at radius 1 is 1.41 bits per heavy atom. The second kappa shape index (κ2) is 3.99. The second-order valence-corrected chi connectivity index (χ2v) is 4.77. The van der Waals surface area contributed by atoms with Gasteiger partial charge in [0.05, 0.1) is 11.2 Å². The summed E-state index contributed by atoms with van der Waals surface area (Å²) in [5.41, 5.74) is 1.41. The van der Waals surface area contributed by atoms with Gasteiger partial charge in [-0.25, -0.2) is 4.39 Å². The van der Waals surface area contributed by atoms with Gasteiger partial charge in [0.15, 0.2) is 6.29 Å². The van der Waals surface area contributed by atoms with Crippen molar-refractivity contribution in [2.75, 3.05) is 0 Å². The van der Waals surface area contributed by atoms with Gasteiger partial charge in [0.25, 0.3) is 0 Å². The van der Waals surface area contributed by atoms with Gasteiger partial charge in [-0.3, -0.25) is 4.79 Å². The number of aldehydes is 1. The minimum Gasteiger partial charge on any atom is -0.338 e. The molecule has 17 heavy (non-hydrogen) atoms. The van der Waals surface area contributed by atoms with Gasteiger partial charge in [0, 0.05) is 11.9 Å². The number of rotatable bonds is 3. The standard InChI is InChI=1S/C14H14FNO/c15-13-5-2-6-14-12(13)7-11(9-17)16(14)8-10-3-1-4-10/h2,5-7,9-10H,1,3-4,8H2. The number of hydrogen-bond donors (Lipinski definition) is 0. The molecule has 0 radical (unpaired) electrons. The summed E-state index contributed by atoms with van der Waals surface area (Å²) in [6.45, 7) is 0.834. The Morgan fingerprint density at radius 2 is 2.24 bits per heavy atom. The lowest BCUT2D eigenvalue weighted by Crippen LogP contribution is -2.19. The number of hydrogen-bond acceptors (Lipinski definition) is 1. The Labute approximate surface area is 99.0 Å². The monoisotopic (exact) mass is 231 g/mol. The molecule has 1 aliphatic carbocycles. The lowest BCUT2D eigenvalue weighted by atomic mass is 9.85. The second-order valence-electron chi connectivity index (χ2n) is 4.77. The van der Waals surface area contributed by atoms with Crippen LogP contribution in [0, 0.1) is 11.7 Å². The highest BCUT2D eigenvalue weighted by molar-refractivity contribution is 5.89. The van der Waals surface area contributed by atoms with E-state index in [9.17, 15) is 9.18 Å². The smallest absolute Gasteiger partial charge is 0.166 e. The number of nitrogens with zero attached hydrogens (tertiary/aromatic N) is 1. The van der Waals surface area contributed by atoms with Crippen LogP contribution in [-0.4, -0.2) is 10.9 Å². The van der Waals surface area contributed by atoms with Crippen LogP contribution in [0.3, 0.4) is 0 Å². The molecule has 3 rings (SSSR count). The molecule has 3 heteroatoms. The summed E-state index contributed by atoms with van der Waals surface area (Å²) >= 11 is 0. The van der Waals surface area contributed by atoms with Crippen molar-refractivity contribution in [3.8, 4) is 0 Å². The van der Waals surface area contributed by atoms with E-state index in [1.165, 1.54) is 25.3 Å². The van der Waals surface area contributed by atoms with Crippen LogP contribution < -0.4 is 0 Å². The summed E-state index contributed by atoms with van der Waals surface area (Å²) in [6.07, 6.45) is 4.52. The van der Waals surface area contributed by atoms with E-state index in [4.69, 9.17) is 0 Å². The Hall–Kier alpha value is -1.64. The first-order valence-electron chi connectivity index (χ1n) is 6.02. The zero-order valence-corrected chi connectivity index (χ0v) is 9.53. The first kappa shape index (κ1) is 10.5. The Bertz CT molecular complexity index is 569. The molecule has 0 amide bonds. The summed E-state index contributed by atoms with van der Waals surface area (Å²) in [4.78, 5) is 11.1. The molecule has 88 valence electrons. The molecule has 1 aromatic carbocycles. The van der Waals surface area contributed by atoms with E-state index in [0.717, 1.165) is 18.3 Å². The van der Waals surface area contributed by atoms with Gasteiger partial charge in [-0.2, -0.15) is 0 Å². The molecular weight excluding hydrogens is 217 g/mol. The third-order valence-electron chi connectivity index (χ3n) is 3.71. The van der Waals surface area contributed by atoms with E-state index in [1.807, 2.05) is 10.6 Å². The van der Waals surface area contributed by atoms with Gasteiger partial charge in [0.2, 0.25) is 0 Å². The van der Waals surface area contributed by atoms with Gasteiger partial charge in [-0.05, 0) is 37.0 Å². The number of fused-ring (bicyclic) bond motifs is 1. The van der Waals surface area contributed by atoms with Gasteiger partial charge < -0.3 is 4.57 Å². The lowest BCUT2D eigenvalue weighted by molar-refractivity contribution is 0.111. The highest BCUT2D eigenvalue weighted by Crippen LogP contribution is 2.31. The molecule has 1 fully saturated rings. The van der Waals surface area contributed by atoms with Crippen LogP contribution in [0.5, 0.6) is 0 Å². The van der Waals surface area contributed by atoms with E-state index in [-0.39, 0.29) is 5.82 Å². The molecule has 1 aromatic heterocycles. The predicted molar refractivity (Wildman–Crippen MR) is 64.6 cm³/mol. The molecule has 2 nitrogen and oxygen atoms in total. The van der Waals surface area contributed by atoms with Gasteiger partial charge >= 0.3 is 0 Å². The molecule has 0 bridgehead atoms. The molecular formula is C14H14FNO. The summed E-state index contributed by atoms with van der Waals surface area (Å²) < 4.78 is 15.6. The number of benzene rings is 1. The Kier molecular flexibility index (Phi) is 2.46. The van der Waals surface area contributed by atoms with E-state index in [1.54, 1.807) is 12.1 Å². The average molecular weight is 231 g/mol. The maximum atomic E-state index is 13.6. The highest BCUT2D eigenvalue weighted by Gasteiger charge is 2.20. The molecule has 1 aliphatic rings. The van der Waals surface area contributed by atoms with E-state index in [2.05, 4.69) is 0 Å². The average Bonchev–Trinajstić information content (AvgIpc) is 2.63. The van der Waals surface area contributed by atoms with Crippen LogP contribution in [0.15, 0.2) is 24.3 Å². The molecule has 0 atom stereocenters. The van der Waals surface area contributed by atoms with Gasteiger partial charge in [-0.1, -0.05) is 12.5 Å². The number of carbonyl (C=O) groups is 1. The van der Waals surface area contributed by atoms with Crippen LogP contribution >= 0.6 is 0 Å². The molecule has 0 saturated heterocycles. The fraction of sp³-hybridized carbons (Fsp3) is 0.357. The molecule has 1 saturated carbocycles. The Morgan fingerprint density at radius 3 is 2.88 bits per heavy atom. The molecule has 0 unspecified atom stereocenters. The number of aromatic nitrogens is 1. The predicted octanol–water partition coefficient (Wildman–Crippen LogP) is 3.39. The summed E-state index contributed by atoms with van der Waals surface area (Å²) in [7, 11) is 0. The van der Waals surface area contributed by atoms with Gasteiger partial charge in [-0.15, -0.1) is 0 Å². The van der Waals surface area contributed by atoms with Crippen molar-refractivity contribution in [3.63, 3.8) is 0 Å². The molecule has 0 aliphatic heterocycles. The van der Waals surface area contributed by atoms with Crippen molar-refractivity contribution in [3.05, 3.63) is 35.8 Å². The summed E-state index contributed by atoms with van der Waals surface area (Å²) in [5.74, 6) is 0.394. The molecule has 0 N–H and O–H groups in total. The van der Waals surface area contributed by atoms with Gasteiger partial charge in [0.1, 0.15) is 5.82 Å². The number of carbonyl (C=O) groups excluding carboxylic acids is 1. The minimum absolute atomic E-state index is 0.252. The van der Waals surface area contributed by atoms with Crippen molar-refractivity contribution in [1.29, 1.82) is 0 Å². The first-order valence-corrected chi connectivity index (χ1v) is 6.02. The maximum Gasteiger partial charge on any atom is 0.166 e. The SMILES string of the molecule is O=Cc1cc2c(F)cccc2n1CC1CCC1. The third kappa shape index (κ3) is 1.66. The van der Waals surface area contributed by atoms with Crippen LogP contribution in [-0.2, 0) is 6.54 Å². The fourth-order valence-corrected chi connectivity index (χ4v) is 2.50. The first-order chi connectivity index (χ1) is 8.29. The van der Waals surface area contributed by atoms with E-state index >= 15 is 0 Å². The highest BCUT2D eigenvalue weighted by atomic mass is 19.1. The van der Waals surface area contributed by atoms with Crippen molar-refractivity contribution in [2.45, 2.75) is 25.8 Å². The largest absolute Gasteiger partial charge is 0.338 e. The number of halogens is 1. The quantitative estimate of drug-likeness (QED) is 0.742. The summed E-state index contributed by atoms with van der Waals surface area (Å²) in [6, 6.07) is 6.66. The van der Waals surface area contributed by atoms with Crippen LogP contribution in [0.1, 0.15) is 29.8 Å². The maximum absolute atomic E-state index is 13.6. The summed E-state index contributed by atoms with van der Waals surface area (Å²) in [5, 5.41) is 0.550. The van der Waals surface area contributed by atoms with Crippen molar-refractivity contribution >= 4 is 17.2 Å². The zero-order chi connectivity index (χ0) is 11.8. The lowest BCUT2D eigenvalue weighted by Gasteiger charge is -2.26. The Balaban J connectivity index is 2.12. The molecule has 2 aromatic rings. The van der Waals surface area contributed by atoms with Crippen molar-refractivity contribution < 1.29 is 9.18 Å². The van der Waals surface area contributed by atoms with Crippen molar-refractivity contribution in [1.82, 2.24) is 4.57 Å². The van der Waals surface area contributed by atoms with Crippen LogP contribution in [0.25, 0.3) is 10.9 Å². The molecule has 0 spiro atoms. The van der Waals surface area contributed by atoms with Crippen LogP contribution in [0.2, 0.25) is 0 Å². The van der Waals surface area contributed by atoms with Crippen molar-refractivity contribution in [2.24, 2.45) is 5.92 Å². The fourth-order valence-electron chi connectivity index (χ4n) is 2.50. The van der Waals surface area contributed by atoms with Crippen LogP contribution in [0.4, 0.5) is 4.39 Å². The minimum atomic E-state index is -0.252. The normalized spacial score (nSPS) is 16.1. The third-order valence-corrected chi connectivity index (χ3v) is 3.71.